The zero-order chi connectivity index (χ0) is 11.5. The van der Waals surface area contributed by atoms with Gasteiger partial charge in [-0.05, 0) is 15.9 Å². The van der Waals surface area contributed by atoms with E-state index in [9.17, 15) is 4.79 Å². The van der Waals surface area contributed by atoms with E-state index in [0.29, 0.717) is 11.4 Å². The van der Waals surface area contributed by atoms with Crippen LogP contribution in [0.15, 0.2) is 29.4 Å². The summed E-state index contributed by atoms with van der Waals surface area (Å²) in [7, 11) is 1.77. The highest BCUT2D eigenvalue weighted by atomic mass is 79.9. The first-order chi connectivity index (χ1) is 7.66. The minimum absolute atomic E-state index is 0.292. The number of hydrogen-bond donors (Lipinski definition) is 1. The number of aryl methyl sites for hydroxylation is 1. The van der Waals surface area contributed by atoms with E-state index < -0.39 is 0 Å². The van der Waals surface area contributed by atoms with E-state index in [4.69, 9.17) is 0 Å². The van der Waals surface area contributed by atoms with E-state index in [1.807, 2.05) is 0 Å². The number of anilines is 1. The van der Waals surface area contributed by atoms with Crippen LogP contribution in [0.25, 0.3) is 0 Å². The molecule has 0 saturated heterocycles. The van der Waals surface area contributed by atoms with Crippen molar-refractivity contribution >= 4 is 27.7 Å². The SMILES string of the molecule is Cn1cc(Br)c(NC(=O)c2cncnc2)n1. The fourth-order valence-corrected chi connectivity index (χ4v) is 1.62. The number of nitrogens with one attached hydrogen (secondary N) is 1. The molecule has 0 saturated carbocycles. The van der Waals surface area contributed by atoms with Crippen molar-refractivity contribution in [3.05, 3.63) is 35.0 Å². The molecule has 2 heterocycles. The van der Waals surface area contributed by atoms with Crippen molar-refractivity contribution in [1.29, 1.82) is 0 Å². The minimum Gasteiger partial charge on any atom is -0.304 e. The molecule has 0 aliphatic rings. The summed E-state index contributed by atoms with van der Waals surface area (Å²) >= 11 is 3.29. The lowest BCUT2D eigenvalue weighted by Gasteiger charge is -2.00. The maximum Gasteiger partial charge on any atom is 0.260 e. The van der Waals surface area contributed by atoms with Crippen LogP contribution < -0.4 is 5.32 Å². The standard InChI is InChI=1S/C9H8BrN5O/c1-15-4-7(10)8(14-15)13-9(16)6-2-11-5-12-3-6/h2-5H,1H3,(H,13,14,16). The van der Waals surface area contributed by atoms with Crippen molar-refractivity contribution in [2.45, 2.75) is 0 Å². The number of halogens is 1. The third-order valence-corrected chi connectivity index (χ3v) is 2.42. The number of carbonyl (C=O) groups excluding carboxylic acids is 1. The molecule has 7 heteroatoms. The minimum atomic E-state index is -0.292. The van der Waals surface area contributed by atoms with Gasteiger partial charge in [0.05, 0.1) is 10.0 Å². The Hall–Kier alpha value is -1.76. The van der Waals surface area contributed by atoms with Crippen LogP contribution in [0.1, 0.15) is 10.4 Å². The molecule has 0 atom stereocenters. The Bertz CT molecular complexity index is 510. The molecule has 0 radical (unpaired) electrons. The first-order valence-electron chi connectivity index (χ1n) is 4.42. The van der Waals surface area contributed by atoms with Gasteiger partial charge in [-0.3, -0.25) is 9.48 Å². The van der Waals surface area contributed by atoms with Gasteiger partial charge in [0.2, 0.25) is 0 Å². The molecule has 0 fully saturated rings. The molecular weight excluding hydrogens is 274 g/mol. The normalized spacial score (nSPS) is 10.1. The molecule has 6 nitrogen and oxygen atoms in total. The van der Waals surface area contributed by atoms with Gasteiger partial charge in [-0.1, -0.05) is 0 Å². The average Bonchev–Trinajstić information content (AvgIpc) is 2.59. The average molecular weight is 282 g/mol. The quantitative estimate of drug-likeness (QED) is 0.899. The van der Waals surface area contributed by atoms with Crippen LogP contribution in [0.5, 0.6) is 0 Å². The van der Waals surface area contributed by atoms with Crippen LogP contribution in [0.3, 0.4) is 0 Å². The number of hydrogen-bond acceptors (Lipinski definition) is 4. The molecule has 0 bridgehead atoms. The van der Waals surface area contributed by atoms with E-state index >= 15 is 0 Å². The van der Waals surface area contributed by atoms with Gasteiger partial charge in [0.25, 0.3) is 5.91 Å². The topological polar surface area (TPSA) is 72.7 Å². The maximum absolute atomic E-state index is 11.7. The zero-order valence-electron chi connectivity index (χ0n) is 8.38. The molecule has 1 amide bonds. The van der Waals surface area contributed by atoms with E-state index in [1.165, 1.54) is 18.7 Å². The summed E-state index contributed by atoms with van der Waals surface area (Å²) < 4.78 is 2.32. The van der Waals surface area contributed by atoms with Gasteiger partial charge < -0.3 is 5.32 Å². The van der Waals surface area contributed by atoms with E-state index in [1.54, 1.807) is 17.9 Å². The van der Waals surface area contributed by atoms with Crippen LogP contribution in [0, 0.1) is 0 Å². The molecule has 1 N–H and O–H groups in total. The second-order valence-corrected chi connectivity index (χ2v) is 3.93. The lowest BCUT2D eigenvalue weighted by atomic mass is 10.3. The number of aromatic nitrogens is 4. The predicted molar refractivity (Wildman–Crippen MR) is 60.9 cm³/mol. The maximum atomic E-state index is 11.7. The summed E-state index contributed by atoms with van der Waals surface area (Å²) in [6.07, 6.45) is 6.00. The number of amides is 1. The highest BCUT2D eigenvalue weighted by Crippen LogP contribution is 2.19. The Labute approximate surface area is 99.8 Å². The molecule has 0 aromatic carbocycles. The van der Waals surface area contributed by atoms with Gasteiger partial charge in [-0.2, -0.15) is 5.10 Å². The van der Waals surface area contributed by atoms with Crippen molar-refractivity contribution in [2.75, 3.05) is 5.32 Å². The molecule has 0 spiro atoms. The summed E-state index contributed by atoms with van der Waals surface area (Å²) in [6.45, 7) is 0. The third kappa shape index (κ3) is 2.25. The van der Waals surface area contributed by atoms with E-state index in [2.05, 4.69) is 36.3 Å². The summed E-state index contributed by atoms with van der Waals surface area (Å²) in [4.78, 5) is 19.2. The van der Waals surface area contributed by atoms with Gasteiger partial charge in [0, 0.05) is 25.6 Å². The second kappa shape index (κ2) is 4.40. The number of rotatable bonds is 2. The first-order valence-corrected chi connectivity index (χ1v) is 5.21. The fourth-order valence-electron chi connectivity index (χ4n) is 1.14. The molecule has 0 aliphatic heterocycles. The monoisotopic (exact) mass is 281 g/mol. The van der Waals surface area contributed by atoms with Gasteiger partial charge in [0.15, 0.2) is 5.82 Å². The molecule has 0 aliphatic carbocycles. The predicted octanol–water partition coefficient (Wildman–Crippen LogP) is 1.22. The largest absolute Gasteiger partial charge is 0.304 e. The lowest BCUT2D eigenvalue weighted by Crippen LogP contribution is -2.13. The van der Waals surface area contributed by atoms with E-state index in [-0.39, 0.29) is 5.91 Å². The summed E-state index contributed by atoms with van der Waals surface area (Å²) in [6, 6.07) is 0. The van der Waals surface area contributed by atoms with Crippen molar-refractivity contribution in [3.8, 4) is 0 Å². The molecule has 0 unspecified atom stereocenters. The molecule has 16 heavy (non-hydrogen) atoms. The highest BCUT2D eigenvalue weighted by molar-refractivity contribution is 9.10. The highest BCUT2D eigenvalue weighted by Gasteiger charge is 2.11. The fraction of sp³-hybridized carbons (Fsp3) is 0.111. The third-order valence-electron chi connectivity index (χ3n) is 1.84. The molecule has 2 aromatic heterocycles. The Morgan fingerprint density at radius 2 is 2.12 bits per heavy atom. The number of nitrogens with zero attached hydrogens (tertiary/aromatic N) is 4. The molecule has 2 rings (SSSR count). The van der Waals surface area contributed by atoms with Crippen LogP contribution >= 0.6 is 15.9 Å². The second-order valence-electron chi connectivity index (χ2n) is 3.08. The van der Waals surface area contributed by atoms with Crippen LogP contribution in [0.4, 0.5) is 5.82 Å². The first kappa shape index (κ1) is 10.7. The molecular formula is C9H8BrN5O. The van der Waals surface area contributed by atoms with Crippen LogP contribution in [-0.4, -0.2) is 25.7 Å². The lowest BCUT2D eigenvalue weighted by molar-refractivity contribution is 0.102. The Kier molecular flexibility index (Phi) is 2.95. The van der Waals surface area contributed by atoms with Gasteiger partial charge in [-0.25, -0.2) is 9.97 Å². The summed E-state index contributed by atoms with van der Waals surface area (Å²) in [5.41, 5.74) is 0.389. The molecule has 82 valence electrons. The van der Waals surface area contributed by atoms with Crippen LogP contribution in [-0.2, 0) is 7.05 Å². The zero-order valence-corrected chi connectivity index (χ0v) is 9.97. The van der Waals surface area contributed by atoms with Crippen LogP contribution in [0.2, 0.25) is 0 Å². The summed E-state index contributed by atoms with van der Waals surface area (Å²) in [5, 5.41) is 6.72. The smallest absolute Gasteiger partial charge is 0.260 e. The van der Waals surface area contributed by atoms with Crippen molar-refractivity contribution in [1.82, 2.24) is 19.7 Å². The van der Waals surface area contributed by atoms with E-state index in [0.717, 1.165) is 4.47 Å². The summed E-state index contributed by atoms with van der Waals surface area (Å²) in [5.74, 6) is 0.177. The Morgan fingerprint density at radius 1 is 1.44 bits per heavy atom. The van der Waals surface area contributed by atoms with Gasteiger partial charge in [0.1, 0.15) is 6.33 Å². The van der Waals surface area contributed by atoms with Crippen molar-refractivity contribution < 1.29 is 4.79 Å². The van der Waals surface area contributed by atoms with Crippen molar-refractivity contribution in [2.24, 2.45) is 7.05 Å². The Balaban J connectivity index is 2.17. The van der Waals surface area contributed by atoms with Gasteiger partial charge in [-0.15, -0.1) is 0 Å². The number of carbonyl (C=O) groups is 1. The Morgan fingerprint density at radius 3 is 2.69 bits per heavy atom. The van der Waals surface area contributed by atoms with Crippen molar-refractivity contribution in [3.63, 3.8) is 0 Å². The van der Waals surface area contributed by atoms with Gasteiger partial charge >= 0.3 is 0 Å². The molecule has 2 aromatic rings.